The highest BCUT2D eigenvalue weighted by atomic mass is 28.3. The third-order valence-corrected chi connectivity index (χ3v) is 4.77. The van der Waals surface area contributed by atoms with Crippen molar-refractivity contribution in [2.45, 2.75) is 46.0 Å². The topological polar surface area (TPSA) is 19.4 Å². The normalized spacial score (nSPS) is 17.1. The van der Waals surface area contributed by atoms with E-state index >= 15 is 0 Å². The summed E-state index contributed by atoms with van der Waals surface area (Å²) < 4.78 is 0. The van der Waals surface area contributed by atoms with Gasteiger partial charge in [0.2, 0.25) is 0 Å². The molecule has 0 saturated carbocycles. The van der Waals surface area contributed by atoms with Crippen molar-refractivity contribution in [2.24, 2.45) is 0 Å². The Morgan fingerprint density at radius 1 is 1.05 bits per heavy atom. The van der Waals surface area contributed by atoms with E-state index in [9.17, 15) is 0 Å². The van der Waals surface area contributed by atoms with Gasteiger partial charge in [-0.1, -0.05) is 25.6 Å². The molecule has 1 saturated heterocycles. The Morgan fingerprint density at radius 3 is 2.23 bits per heavy atom. The maximum absolute atomic E-state index is 4.39. The van der Waals surface area contributed by atoms with Crippen LogP contribution in [0.3, 0.4) is 0 Å². The molecule has 1 aromatic rings. The van der Waals surface area contributed by atoms with Crippen LogP contribution in [-0.4, -0.2) is 49.7 Å². The Morgan fingerprint density at radius 2 is 1.68 bits per heavy atom. The maximum atomic E-state index is 4.39. The first-order valence-corrected chi connectivity index (χ1v) is 11.6. The number of nitrogens with zero attached hydrogens (tertiary/aromatic N) is 3. The molecule has 1 aliphatic heterocycles. The lowest BCUT2D eigenvalue weighted by atomic mass is 10.0. The van der Waals surface area contributed by atoms with Gasteiger partial charge in [-0.15, -0.1) is 5.54 Å². The summed E-state index contributed by atoms with van der Waals surface area (Å²) in [7, 11) is -1.34. The monoisotopic (exact) mass is 315 g/mol. The van der Waals surface area contributed by atoms with Crippen molar-refractivity contribution in [2.75, 3.05) is 31.1 Å². The zero-order valence-electron chi connectivity index (χ0n) is 14.9. The number of anilines is 1. The van der Waals surface area contributed by atoms with Crippen molar-refractivity contribution in [1.29, 1.82) is 0 Å². The average Bonchev–Trinajstić information content (AvgIpc) is 2.44. The SMILES string of the molecule is CC(C)(C)N1CCN(c2cncc(C#C[Si](C)(C)C)c2)CC1. The fourth-order valence-electron chi connectivity index (χ4n) is 2.56. The Kier molecular flexibility index (Phi) is 4.99. The van der Waals surface area contributed by atoms with E-state index in [2.05, 4.69) is 72.7 Å². The third kappa shape index (κ3) is 4.86. The smallest absolute Gasteiger partial charge is 0.129 e. The number of rotatable bonds is 1. The zero-order chi connectivity index (χ0) is 16.4. The van der Waals surface area contributed by atoms with Gasteiger partial charge in [0, 0.05) is 43.5 Å². The molecular weight excluding hydrogens is 286 g/mol. The number of hydrogen-bond acceptors (Lipinski definition) is 3. The predicted molar refractivity (Wildman–Crippen MR) is 98.0 cm³/mol. The average molecular weight is 316 g/mol. The molecule has 1 aromatic heterocycles. The third-order valence-electron chi connectivity index (χ3n) is 3.90. The zero-order valence-corrected chi connectivity index (χ0v) is 15.9. The standard InChI is InChI=1S/C18H29N3Si/c1-18(2,3)21-10-8-20(9-11-21)17-13-16(14-19-15-17)7-12-22(4,5)6/h13-15H,8-11H2,1-6H3. The van der Waals surface area contributed by atoms with Crippen LogP contribution >= 0.6 is 0 Å². The van der Waals surface area contributed by atoms with Crippen molar-refractivity contribution < 1.29 is 0 Å². The van der Waals surface area contributed by atoms with E-state index in [1.807, 2.05) is 12.4 Å². The highest BCUT2D eigenvalue weighted by molar-refractivity contribution is 6.83. The van der Waals surface area contributed by atoms with Crippen molar-refractivity contribution in [3.8, 4) is 11.5 Å². The first-order valence-electron chi connectivity index (χ1n) is 8.13. The van der Waals surface area contributed by atoms with E-state index < -0.39 is 8.07 Å². The minimum Gasteiger partial charge on any atom is -0.368 e. The molecule has 1 aliphatic rings. The lowest BCUT2D eigenvalue weighted by molar-refractivity contribution is 0.128. The van der Waals surface area contributed by atoms with Crippen LogP contribution in [0.4, 0.5) is 5.69 Å². The Hall–Kier alpha value is -1.31. The summed E-state index contributed by atoms with van der Waals surface area (Å²) in [5.41, 5.74) is 5.92. The molecule has 22 heavy (non-hydrogen) atoms. The molecule has 0 bridgehead atoms. The van der Waals surface area contributed by atoms with Gasteiger partial charge in [0.1, 0.15) is 8.07 Å². The van der Waals surface area contributed by atoms with E-state index in [1.54, 1.807) is 0 Å². The van der Waals surface area contributed by atoms with E-state index in [1.165, 1.54) is 5.69 Å². The van der Waals surface area contributed by atoms with E-state index in [0.717, 1.165) is 31.7 Å². The first-order chi connectivity index (χ1) is 10.1. The van der Waals surface area contributed by atoms with Gasteiger partial charge in [-0.05, 0) is 26.8 Å². The molecule has 4 heteroatoms. The van der Waals surface area contributed by atoms with Gasteiger partial charge in [-0.2, -0.15) is 0 Å². The summed E-state index contributed by atoms with van der Waals surface area (Å²) in [6, 6.07) is 2.19. The highest BCUT2D eigenvalue weighted by Gasteiger charge is 2.25. The van der Waals surface area contributed by atoms with Gasteiger partial charge in [0.25, 0.3) is 0 Å². The van der Waals surface area contributed by atoms with Gasteiger partial charge in [-0.25, -0.2) is 0 Å². The van der Waals surface area contributed by atoms with Crippen LogP contribution in [0.5, 0.6) is 0 Å². The summed E-state index contributed by atoms with van der Waals surface area (Å²) in [5.74, 6) is 3.31. The summed E-state index contributed by atoms with van der Waals surface area (Å²) in [5, 5.41) is 0. The predicted octanol–water partition coefficient (Wildman–Crippen LogP) is 3.23. The molecule has 3 nitrogen and oxygen atoms in total. The lowest BCUT2D eigenvalue weighted by Gasteiger charge is -2.43. The van der Waals surface area contributed by atoms with Crippen LogP contribution in [0.1, 0.15) is 26.3 Å². The lowest BCUT2D eigenvalue weighted by Crippen LogP contribution is -2.53. The highest BCUT2D eigenvalue weighted by Crippen LogP contribution is 2.20. The van der Waals surface area contributed by atoms with Gasteiger partial charge >= 0.3 is 0 Å². The molecule has 120 valence electrons. The van der Waals surface area contributed by atoms with Crippen molar-refractivity contribution in [3.05, 3.63) is 24.0 Å². The minimum atomic E-state index is -1.34. The van der Waals surface area contributed by atoms with Crippen molar-refractivity contribution >= 4 is 13.8 Å². The van der Waals surface area contributed by atoms with Gasteiger partial charge in [-0.3, -0.25) is 9.88 Å². The Bertz CT molecular complexity index is 564. The summed E-state index contributed by atoms with van der Waals surface area (Å²) in [6.07, 6.45) is 3.84. The van der Waals surface area contributed by atoms with Crippen LogP contribution in [0.2, 0.25) is 19.6 Å². The Labute approximate surface area is 136 Å². The molecule has 0 atom stereocenters. The molecule has 0 spiro atoms. The molecule has 0 radical (unpaired) electrons. The molecule has 2 heterocycles. The quantitative estimate of drug-likeness (QED) is 0.586. The second-order valence-electron chi connectivity index (χ2n) is 8.08. The number of piperazine rings is 1. The molecule has 0 amide bonds. The number of hydrogen-bond donors (Lipinski definition) is 0. The fourth-order valence-corrected chi connectivity index (χ4v) is 3.08. The molecule has 0 unspecified atom stereocenters. The van der Waals surface area contributed by atoms with Crippen molar-refractivity contribution in [1.82, 2.24) is 9.88 Å². The first kappa shape index (κ1) is 17.0. The maximum Gasteiger partial charge on any atom is 0.129 e. The Balaban J connectivity index is 2.07. The van der Waals surface area contributed by atoms with Crippen LogP contribution in [-0.2, 0) is 0 Å². The molecule has 0 aromatic carbocycles. The van der Waals surface area contributed by atoms with Crippen molar-refractivity contribution in [3.63, 3.8) is 0 Å². The molecular formula is C18H29N3Si. The van der Waals surface area contributed by atoms with Gasteiger partial charge in [0.05, 0.1) is 11.9 Å². The summed E-state index contributed by atoms with van der Waals surface area (Å²) >= 11 is 0. The van der Waals surface area contributed by atoms with Crippen LogP contribution in [0, 0.1) is 11.5 Å². The number of pyridine rings is 1. The summed E-state index contributed by atoms with van der Waals surface area (Å²) in [6.45, 7) is 18.0. The number of aromatic nitrogens is 1. The van der Waals surface area contributed by atoms with Crippen LogP contribution in [0.15, 0.2) is 18.5 Å². The molecule has 0 N–H and O–H groups in total. The second-order valence-corrected chi connectivity index (χ2v) is 12.8. The summed E-state index contributed by atoms with van der Waals surface area (Å²) in [4.78, 5) is 9.36. The second kappa shape index (κ2) is 6.43. The van der Waals surface area contributed by atoms with Gasteiger partial charge in [0.15, 0.2) is 0 Å². The van der Waals surface area contributed by atoms with Gasteiger partial charge < -0.3 is 4.90 Å². The molecule has 2 rings (SSSR count). The molecule has 1 fully saturated rings. The van der Waals surface area contributed by atoms with E-state index in [0.29, 0.717) is 0 Å². The molecule has 0 aliphatic carbocycles. The van der Waals surface area contributed by atoms with Crippen LogP contribution < -0.4 is 4.90 Å². The van der Waals surface area contributed by atoms with E-state index in [-0.39, 0.29) is 5.54 Å². The fraction of sp³-hybridized carbons (Fsp3) is 0.611. The van der Waals surface area contributed by atoms with E-state index in [4.69, 9.17) is 0 Å². The van der Waals surface area contributed by atoms with Crippen LogP contribution in [0.25, 0.3) is 0 Å². The minimum absolute atomic E-state index is 0.259. The largest absolute Gasteiger partial charge is 0.368 e.